The third-order valence-corrected chi connectivity index (χ3v) is 3.50. The number of nitrogens with zero attached hydrogens (tertiary/aromatic N) is 1. The van der Waals surface area contributed by atoms with Crippen LogP contribution in [0.3, 0.4) is 0 Å². The first kappa shape index (κ1) is 16.5. The lowest BCUT2D eigenvalue weighted by molar-refractivity contribution is -0.119. The second-order valence-corrected chi connectivity index (χ2v) is 5.28. The Hall–Kier alpha value is -2.89. The van der Waals surface area contributed by atoms with Crippen LogP contribution in [0.25, 0.3) is 0 Å². The van der Waals surface area contributed by atoms with Gasteiger partial charge in [-0.2, -0.15) is 0 Å². The van der Waals surface area contributed by atoms with Crippen LogP contribution >= 0.6 is 0 Å². The molecule has 2 rings (SSSR count). The van der Waals surface area contributed by atoms with Gasteiger partial charge in [0.2, 0.25) is 5.91 Å². The number of anilines is 1. The molecule has 0 aliphatic heterocycles. The van der Waals surface area contributed by atoms with Gasteiger partial charge in [-0.1, -0.05) is 12.1 Å². The van der Waals surface area contributed by atoms with Gasteiger partial charge in [0, 0.05) is 31.5 Å². The van der Waals surface area contributed by atoms with Gasteiger partial charge in [0.05, 0.1) is 6.42 Å². The lowest BCUT2D eigenvalue weighted by Crippen LogP contribution is -2.20. The van der Waals surface area contributed by atoms with Crippen molar-refractivity contribution in [3.8, 4) is 0 Å². The summed E-state index contributed by atoms with van der Waals surface area (Å²) in [5.74, 6) is -0.445. The van der Waals surface area contributed by atoms with E-state index in [1.54, 1.807) is 55.2 Å². The topological polar surface area (TPSA) is 80.2 Å². The zero-order valence-electron chi connectivity index (χ0n) is 13.3. The van der Waals surface area contributed by atoms with E-state index in [2.05, 4.69) is 10.6 Å². The van der Waals surface area contributed by atoms with E-state index in [4.69, 9.17) is 0 Å². The molecule has 23 heavy (non-hydrogen) atoms. The lowest BCUT2D eigenvalue weighted by atomic mass is 10.1. The second-order valence-electron chi connectivity index (χ2n) is 5.28. The predicted molar refractivity (Wildman–Crippen MR) is 87.6 cm³/mol. The quantitative estimate of drug-likeness (QED) is 0.826. The minimum absolute atomic E-state index is 0.0673. The molecule has 0 aliphatic carbocycles. The molecule has 120 valence electrons. The van der Waals surface area contributed by atoms with Crippen LogP contribution in [-0.2, 0) is 18.3 Å². The van der Waals surface area contributed by atoms with Gasteiger partial charge in [-0.15, -0.1) is 0 Å². The maximum atomic E-state index is 12.3. The maximum absolute atomic E-state index is 12.3. The molecule has 0 spiro atoms. The number of amides is 2. The number of ketones is 1. The third kappa shape index (κ3) is 4.06. The lowest BCUT2D eigenvalue weighted by Gasteiger charge is -2.07. The largest absolute Gasteiger partial charge is 0.359 e. The van der Waals surface area contributed by atoms with E-state index in [1.165, 1.54) is 6.92 Å². The van der Waals surface area contributed by atoms with E-state index in [0.29, 0.717) is 23.4 Å². The van der Waals surface area contributed by atoms with Crippen LogP contribution in [0.15, 0.2) is 36.5 Å². The van der Waals surface area contributed by atoms with Crippen molar-refractivity contribution >= 4 is 23.3 Å². The van der Waals surface area contributed by atoms with Gasteiger partial charge in [-0.25, -0.2) is 0 Å². The van der Waals surface area contributed by atoms with Gasteiger partial charge in [0.1, 0.15) is 5.69 Å². The highest BCUT2D eigenvalue weighted by Gasteiger charge is 2.14. The van der Waals surface area contributed by atoms with E-state index >= 15 is 0 Å². The Bertz CT molecular complexity index is 745. The van der Waals surface area contributed by atoms with E-state index in [-0.39, 0.29) is 17.6 Å². The number of aryl methyl sites for hydroxylation is 1. The molecule has 6 heteroatoms. The van der Waals surface area contributed by atoms with Crippen LogP contribution in [0.2, 0.25) is 0 Å². The number of carbonyl (C=O) groups excluding carboxylic acids is 3. The van der Waals surface area contributed by atoms with Crippen molar-refractivity contribution in [2.75, 3.05) is 12.4 Å². The van der Waals surface area contributed by atoms with Crippen molar-refractivity contribution in [3.63, 3.8) is 0 Å². The van der Waals surface area contributed by atoms with Gasteiger partial charge in [-0.3, -0.25) is 14.4 Å². The number of hydrogen-bond donors (Lipinski definition) is 2. The molecule has 2 aromatic rings. The molecule has 6 nitrogen and oxygen atoms in total. The Morgan fingerprint density at radius 1 is 1.13 bits per heavy atom. The van der Waals surface area contributed by atoms with Crippen molar-refractivity contribution in [2.24, 2.45) is 7.05 Å². The summed E-state index contributed by atoms with van der Waals surface area (Å²) in [6.07, 6.45) is 1.92. The van der Waals surface area contributed by atoms with E-state index in [1.807, 2.05) is 0 Å². The summed E-state index contributed by atoms with van der Waals surface area (Å²) >= 11 is 0. The highest BCUT2D eigenvalue weighted by Crippen LogP contribution is 2.14. The number of Topliss-reactive ketones (excluding diaryl/α,β-unsaturated/α-hetero) is 1. The second kappa shape index (κ2) is 6.91. The Morgan fingerprint density at radius 3 is 2.30 bits per heavy atom. The number of nitrogens with one attached hydrogen (secondary N) is 2. The minimum atomic E-state index is -0.293. The third-order valence-electron chi connectivity index (χ3n) is 3.50. The van der Waals surface area contributed by atoms with Gasteiger partial charge >= 0.3 is 0 Å². The summed E-state index contributed by atoms with van der Waals surface area (Å²) in [6, 6.07) is 8.63. The Balaban J connectivity index is 2.08. The predicted octanol–water partition coefficient (Wildman–Crippen LogP) is 1.77. The minimum Gasteiger partial charge on any atom is -0.359 e. The average molecular weight is 313 g/mol. The first-order chi connectivity index (χ1) is 10.9. The van der Waals surface area contributed by atoms with E-state index < -0.39 is 0 Å². The van der Waals surface area contributed by atoms with Crippen LogP contribution in [-0.4, -0.2) is 29.2 Å². The van der Waals surface area contributed by atoms with Crippen LogP contribution in [0.5, 0.6) is 0 Å². The molecule has 0 atom stereocenters. The normalized spacial score (nSPS) is 10.2. The van der Waals surface area contributed by atoms with Crippen molar-refractivity contribution in [2.45, 2.75) is 13.3 Å². The summed E-state index contributed by atoms with van der Waals surface area (Å²) in [5.41, 5.74) is 2.39. The Morgan fingerprint density at radius 2 is 1.78 bits per heavy atom. The Labute approximate surface area is 134 Å². The molecule has 0 saturated carbocycles. The zero-order valence-corrected chi connectivity index (χ0v) is 13.3. The molecule has 0 unspecified atom stereocenters. The summed E-state index contributed by atoms with van der Waals surface area (Å²) in [5, 5.41) is 5.33. The molecule has 2 amide bonds. The van der Waals surface area contributed by atoms with Gasteiger partial charge < -0.3 is 15.2 Å². The summed E-state index contributed by atoms with van der Waals surface area (Å²) in [6.45, 7) is 1.46. The molecule has 0 fully saturated rings. The molecule has 1 heterocycles. The first-order valence-electron chi connectivity index (χ1n) is 7.19. The Kier molecular flexibility index (Phi) is 4.95. The molecule has 0 aliphatic rings. The highest BCUT2D eigenvalue weighted by atomic mass is 16.2. The fourth-order valence-electron chi connectivity index (χ4n) is 2.16. The van der Waals surface area contributed by atoms with Gasteiger partial charge in [0.15, 0.2) is 5.78 Å². The van der Waals surface area contributed by atoms with Crippen LogP contribution in [0, 0.1) is 0 Å². The van der Waals surface area contributed by atoms with Crippen LogP contribution in [0.4, 0.5) is 5.69 Å². The number of rotatable bonds is 5. The summed E-state index contributed by atoms with van der Waals surface area (Å²) in [7, 11) is 3.31. The standard InChI is InChI=1S/C17H19N3O3/c1-11(21)13-9-15(20(3)10-13)17(23)19-14-6-4-12(5-7-14)8-16(22)18-2/h4-7,9-10H,8H2,1-3H3,(H,18,22)(H,19,23). The molecule has 0 bridgehead atoms. The molecular weight excluding hydrogens is 294 g/mol. The molecule has 0 saturated heterocycles. The monoisotopic (exact) mass is 313 g/mol. The summed E-state index contributed by atoms with van der Waals surface area (Å²) < 4.78 is 1.62. The van der Waals surface area contributed by atoms with Crippen LogP contribution < -0.4 is 10.6 Å². The van der Waals surface area contributed by atoms with E-state index in [0.717, 1.165) is 5.56 Å². The number of likely N-dealkylation sites (N-methyl/N-ethyl adjacent to an activating group) is 1. The fraction of sp³-hybridized carbons (Fsp3) is 0.235. The van der Waals surface area contributed by atoms with Crippen LogP contribution in [0.1, 0.15) is 33.3 Å². The molecule has 1 aromatic heterocycles. The van der Waals surface area contributed by atoms with Crippen molar-refractivity contribution < 1.29 is 14.4 Å². The highest BCUT2D eigenvalue weighted by molar-refractivity contribution is 6.05. The summed E-state index contributed by atoms with van der Waals surface area (Å²) in [4.78, 5) is 34.9. The van der Waals surface area contributed by atoms with Gasteiger partial charge in [0.25, 0.3) is 5.91 Å². The zero-order chi connectivity index (χ0) is 17.0. The average Bonchev–Trinajstić information content (AvgIpc) is 2.91. The maximum Gasteiger partial charge on any atom is 0.272 e. The van der Waals surface area contributed by atoms with Crippen molar-refractivity contribution in [1.82, 2.24) is 9.88 Å². The molecular formula is C17H19N3O3. The first-order valence-corrected chi connectivity index (χ1v) is 7.19. The number of aromatic nitrogens is 1. The molecule has 1 aromatic carbocycles. The van der Waals surface area contributed by atoms with E-state index in [9.17, 15) is 14.4 Å². The smallest absolute Gasteiger partial charge is 0.272 e. The number of carbonyl (C=O) groups is 3. The van der Waals surface area contributed by atoms with Crippen molar-refractivity contribution in [1.29, 1.82) is 0 Å². The van der Waals surface area contributed by atoms with Gasteiger partial charge in [-0.05, 0) is 30.7 Å². The number of hydrogen-bond acceptors (Lipinski definition) is 3. The molecule has 2 N–H and O–H groups in total. The molecule has 0 radical (unpaired) electrons. The van der Waals surface area contributed by atoms with Crippen molar-refractivity contribution in [3.05, 3.63) is 53.3 Å². The fourth-order valence-corrected chi connectivity index (χ4v) is 2.16. The SMILES string of the molecule is CNC(=O)Cc1ccc(NC(=O)c2cc(C(C)=O)cn2C)cc1. The number of benzene rings is 1.